The maximum Gasteiger partial charge on any atom is 0.166 e. The van der Waals surface area contributed by atoms with Crippen LogP contribution in [0.3, 0.4) is 0 Å². The summed E-state index contributed by atoms with van der Waals surface area (Å²) in [7, 11) is 1.64. The van der Waals surface area contributed by atoms with Gasteiger partial charge in [0.05, 0.1) is 17.2 Å². The third-order valence-electron chi connectivity index (χ3n) is 4.64. The average molecular weight is 416 g/mol. The van der Waals surface area contributed by atoms with Crippen LogP contribution in [0, 0.1) is 13.8 Å². The van der Waals surface area contributed by atoms with Crippen LogP contribution in [0.1, 0.15) is 22.3 Å². The molecule has 0 heterocycles. The van der Waals surface area contributed by atoms with Gasteiger partial charge in [0, 0.05) is 17.8 Å². The monoisotopic (exact) mass is 415 g/mol. The number of halogens is 2. The standard InChI is InChI=1S/C23H23Cl2NO2/c1-15-7-9-19(11-16(15)2)26-13-18-5-4-6-22(27-3)23(18)28-14-17-8-10-20(24)21(25)12-17/h4-12,26H,13-14H2,1-3H3. The first kappa shape index (κ1) is 20.4. The van der Waals surface area contributed by atoms with Crippen molar-refractivity contribution in [2.24, 2.45) is 0 Å². The van der Waals surface area contributed by atoms with Gasteiger partial charge >= 0.3 is 0 Å². The van der Waals surface area contributed by atoms with E-state index in [1.165, 1.54) is 11.1 Å². The molecule has 0 saturated carbocycles. The van der Waals surface area contributed by atoms with Crippen molar-refractivity contribution in [3.05, 3.63) is 86.9 Å². The topological polar surface area (TPSA) is 30.5 Å². The first-order valence-electron chi connectivity index (χ1n) is 9.01. The second kappa shape index (κ2) is 9.22. The lowest BCUT2D eigenvalue weighted by molar-refractivity contribution is 0.281. The van der Waals surface area contributed by atoms with E-state index in [2.05, 4.69) is 37.4 Å². The summed E-state index contributed by atoms with van der Waals surface area (Å²) < 4.78 is 11.6. The zero-order valence-electron chi connectivity index (χ0n) is 16.2. The third kappa shape index (κ3) is 4.92. The molecule has 0 spiro atoms. The highest BCUT2D eigenvalue weighted by atomic mass is 35.5. The number of hydrogen-bond donors (Lipinski definition) is 1. The summed E-state index contributed by atoms with van der Waals surface area (Å²) >= 11 is 12.1. The van der Waals surface area contributed by atoms with Gasteiger partial charge in [-0.2, -0.15) is 0 Å². The molecule has 0 atom stereocenters. The zero-order valence-corrected chi connectivity index (χ0v) is 17.7. The molecule has 28 heavy (non-hydrogen) atoms. The molecular formula is C23H23Cl2NO2. The Morgan fingerprint density at radius 1 is 0.893 bits per heavy atom. The lowest BCUT2D eigenvalue weighted by atomic mass is 10.1. The van der Waals surface area contributed by atoms with Crippen molar-refractivity contribution in [3.63, 3.8) is 0 Å². The Bertz CT molecular complexity index is 973. The molecule has 0 aliphatic rings. The number of aryl methyl sites for hydroxylation is 2. The summed E-state index contributed by atoms with van der Waals surface area (Å²) in [5, 5.41) is 4.50. The molecule has 0 radical (unpaired) electrons. The second-order valence-electron chi connectivity index (χ2n) is 6.64. The van der Waals surface area contributed by atoms with Crippen LogP contribution in [-0.4, -0.2) is 7.11 Å². The van der Waals surface area contributed by atoms with E-state index in [0.717, 1.165) is 16.8 Å². The minimum absolute atomic E-state index is 0.369. The highest BCUT2D eigenvalue weighted by Crippen LogP contribution is 2.33. The van der Waals surface area contributed by atoms with Crippen molar-refractivity contribution < 1.29 is 9.47 Å². The van der Waals surface area contributed by atoms with Crippen molar-refractivity contribution >= 4 is 28.9 Å². The van der Waals surface area contributed by atoms with Gasteiger partial charge in [-0.25, -0.2) is 0 Å². The second-order valence-corrected chi connectivity index (χ2v) is 7.45. The number of benzene rings is 3. The molecule has 0 bridgehead atoms. The maximum atomic E-state index is 6.10. The molecule has 0 unspecified atom stereocenters. The number of hydrogen-bond acceptors (Lipinski definition) is 3. The van der Waals surface area contributed by atoms with Gasteiger partial charge in [-0.3, -0.25) is 0 Å². The van der Waals surface area contributed by atoms with Gasteiger partial charge in [0.15, 0.2) is 11.5 Å². The molecule has 0 fully saturated rings. The van der Waals surface area contributed by atoms with E-state index in [0.29, 0.717) is 34.7 Å². The molecule has 3 rings (SSSR count). The smallest absolute Gasteiger partial charge is 0.166 e. The fourth-order valence-electron chi connectivity index (χ4n) is 2.86. The minimum atomic E-state index is 0.369. The Morgan fingerprint density at radius 3 is 2.43 bits per heavy atom. The van der Waals surface area contributed by atoms with Crippen LogP contribution in [0.5, 0.6) is 11.5 Å². The van der Waals surface area contributed by atoms with Crippen molar-refractivity contribution in [2.45, 2.75) is 27.0 Å². The fourth-order valence-corrected chi connectivity index (χ4v) is 3.18. The molecule has 5 heteroatoms. The number of rotatable bonds is 7. The van der Waals surface area contributed by atoms with Crippen molar-refractivity contribution in [3.8, 4) is 11.5 Å². The summed E-state index contributed by atoms with van der Waals surface area (Å²) in [5.41, 5.74) is 5.55. The van der Waals surface area contributed by atoms with E-state index in [4.69, 9.17) is 32.7 Å². The van der Waals surface area contributed by atoms with E-state index in [9.17, 15) is 0 Å². The van der Waals surface area contributed by atoms with Gasteiger partial charge in [-0.15, -0.1) is 0 Å². The first-order valence-corrected chi connectivity index (χ1v) is 9.77. The Hall–Kier alpha value is -2.36. The van der Waals surface area contributed by atoms with Crippen molar-refractivity contribution in [1.29, 1.82) is 0 Å². The van der Waals surface area contributed by atoms with Crippen LogP contribution < -0.4 is 14.8 Å². The molecule has 3 aromatic rings. The van der Waals surface area contributed by atoms with Gasteiger partial charge in [-0.05, 0) is 60.9 Å². The van der Waals surface area contributed by atoms with Gasteiger partial charge < -0.3 is 14.8 Å². The van der Waals surface area contributed by atoms with E-state index in [1.54, 1.807) is 13.2 Å². The minimum Gasteiger partial charge on any atom is -0.493 e. The zero-order chi connectivity index (χ0) is 20.1. The molecular weight excluding hydrogens is 393 g/mol. The number of ether oxygens (including phenoxy) is 2. The molecule has 1 N–H and O–H groups in total. The van der Waals surface area contributed by atoms with Crippen LogP contribution in [-0.2, 0) is 13.2 Å². The lowest BCUT2D eigenvalue weighted by Crippen LogP contribution is -2.05. The molecule has 3 nitrogen and oxygen atoms in total. The molecule has 0 aromatic heterocycles. The highest BCUT2D eigenvalue weighted by Gasteiger charge is 2.12. The molecule has 3 aromatic carbocycles. The molecule has 0 aliphatic carbocycles. The Morgan fingerprint density at radius 2 is 1.71 bits per heavy atom. The number of para-hydroxylation sites is 1. The summed E-state index contributed by atoms with van der Waals surface area (Å²) in [4.78, 5) is 0. The van der Waals surface area contributed by atoms with Gasteiger partial charge in [0.25, 0.3) is 0 Å². The number of methoxy groups -OCH3 is 1. The predicted molar refractivity (Wildman–Crippen MR) is 117 cm³/mol. The van der Waals surface area contributed by atoms with E-state index < -0.39 is 0 Å². The number of anilines is 1. The highest BCUT2D eigenvalue weighted by molar-refractivity contribution is 6.42. The van der Waals surface area contributed by atoms with E-state index in [-0.39, 0.29) is 0 Å². The molecule has 0 saturated heterocycles. The third-order valence-corrected chi connectivity index (χ3v) is 5.38. The van der Waals surface area contributed by atoms with Crippen LogP contribution in [0.4, 0.5) is 5.69 Å². The average Bonchev–Trinajstić information content (AvgIpc) is 2.69. The molecule has 146 valence electrons. The number of nitrogens with one attached hydrogen (secondary N) is 1. The van der Waals surface area contributed by atoms with E-state index in [1.807, 2.05) is 30.3 Å². The normalized spacial score (nSPS) is 10.6. The van der Waals surface area contributed by atoms with Crippen LogP contribution in [0.25, 0.3) is 0 Å². The van der Waals surface area contributed by atoms with Crippen molar-refractivity contribution in [2.75, 3.05) is 12.4 Å². The molecule has 0 amide bonds. The maximum absolute atomic E-state index is 6.10. The molecule has 0 aliphatic heterocycles. The fraction of sp³-hybridized carbons (Fsp3) is 0.217. The van der Waals surface area contributed by atoms with Gasteiger partial charge in [0.2, 0.25) is 0 Å². The van der Waals surface area contributed by atoms with E-state index >= 15 is 0 Å². The summed E-state index contributed by atoms with van der Waals surface area (Å²) in [5.74, 6) is 1.41. The van der Waals surface area contributed by atoms with Crippen LogP contribution in [0.15, 0.2) is 54.6 Å². The quantitative estimate of drug-likeness (QED) is 0.459. The Balaban J connectivity index is 1.77. The largest absolute Gasteiger partial charge is 0.493 e. The predicted octanol–water partition coefficient (Wildman–Crippen LogP) is 6.81. The Kier molecular flexibility index (Phi) is 6.71. The van der Waals surface area contributed by atoms with Crippen LogP contribution >= 0.6 is 23.2 Å². The lowest BCUT2D eigenvalue weighted by Gasteiger charge is -2.16. The van der Waals surface area contributed by atoms with Gasteiger partial charge in [0.1, 0.15) is 6.61 Å². The Labute approximate surface area is 176 Å². The van der Waals surface area contributed by atoms with Crippen molar-refractivity contribution in [1.82, 2.24) is 0 Å². The summed E-state index contributed by atoms with van der Waals surface area (Å²) in [6, 6.07) is 17.7. The summed E-state index contributed by atoms with van der Waals surface area (Å²) in [6.45, 7) is 5.21. The van der Waals surface area contributed by atoms with Gasteiger partial charge in [-0.1, -0.05) is 47.5 Å². The summed E-state index contributed by atoms with van der Waals surface area (Å²) in [6.07, 6.45) is 0. The SMILES string of the molecule is COc1cccc(CNc2ccc(C)c(C)c2)c1OCc1ccc(Cl)c(Cl)c1. The first-order chi connectivity index (χ1) is 13.5. The van der Waals surface area contributed by atoms with Crippen LogP contribution in [0.2, 0.25) is 10.0 Å².